The number of nitrogens with zero attached hydrogens (tertiary/aromatic N) is 2. The van der Waals surface area contributed by atoms with Crippen LogP contribution in [-0.2, 0) is 11.3 Å². The fourth-order valence-corrected chi connectivity index (χ4v) is 3.97. The Kier molecular flexibility index (Phi) is 8.86. The topological polar surface area (TPSA) is 104 Å². The Morgan fingerprint density at radius 1 is 0.974 bits per heavy atom. The van der Waals surface area contributed by atoms with Crippen LogP contribution in [0.3, 0.4) is 0 Å². The van der Waals surface area contributed by atoms with E-state index in [1.165, 1.54) is 5.56 Å². The molecule has 198 valence electrons. The Hall–Kier alpha value is -4.04. The normalized spacial score (nSPS) is 11.2. The van der Waals surface area contributed by atoms with Crippen LogP contribution >= 0.6 is 11.6 Å². The molecule has 0 aliphatic rings. The summed E-state index contributed by atoms with van der Waals surface area (Å²) >= 11 is 6.13. The third-order valence-corrected chi connectivity index (χ3v) is 5.83. The third kappa shape index (κ3) is 7.73. The zero-order valence-electron chi connectivity index (χ0n) is 21.8. The summed E-state index contributed by atoms with van der Waals surface area (Å²) in [5, 5.41) is 18.0. The number of benzene rings is 2. The first-order chi connectivity index (χ1) is 18.3. The van der Waals surface area contributed by atoms with Crippen molar-refractivity contribution < 1.29 is 9.53 Å². The molecule has 4 aromatic rings. The maximum Gasteiger partial charge on any atom is 0.407 e. The largest absolute Gasteiger partial charge is 0.444 e. The van der Waals surface area contributed by atoms with Crippen LogP contribution in [0.2, 0.25) is 5.02 Å². The maximum absolute atomic E-state index is 11.9. The lowest BCUT2D eigenvalue weighted by Gasteiger charge is -2.19. The predicted molar refractivity (Wildman–Crippen MR) is 153 cm³/mol. The van der Waals surface area contributed by atoms with E-state index in [-0.39, 0.29) is 0 Å². The molecule has 0 bridgehead atoms. The lowest BCUT2D eigenvalue weighted by Crippen LogP contribution is -2.33. The molecule has 1 amide bonds. The number of alkyl carbamates (subject to hydrolysis) is 1. The summed E-state index contributed by atoms with van der Waals surface area (Å²) < 4.78 is 5.29. The highest BCUT2D eigenvalue weighted by molar-refractivity contribution is 6.30. The SMILES string of the molecule is CC(C)(C)OC(=O)NCCCNc1n[nH]c(-c2ccc(Cl)cc2)c1-c1ccnc(NCc2ccccc2)c1. The van der Waals surface area contributed by atoms with Gasteiger partial charge < -0.3 is 20.7 Å². The minimum absolute atomic E-state index is 0.421. The van der Waals surface area contributed by atoms with E-state index in [9.17, 15) is 4.79 Å². The number of nitrogens with one attached hydrogen (secondary N) is 4. The number of carbonyl (C=O) groups excluding carboxylic acids is 1. The first-order valence-corrected chi connectivity index (χ1v) is 13.0. The summed E-state index contributed by atoms with van der Waals surface area (Å²) in [4.78, 5) is 16.4. The molecule has 0 fully saturated rings. The zero-order valence-corrected chi connectivity index (χ0v) is 22.6. The number of anilines is 2. The average Bonchev–Trinajstić information content (AvgIpc) is 3.31. The summed E-state index contributed by atoms with van der Waals surface area (Å²) in [6.07, 6.45) is 2.06. The average molecular weight is 533 g/mol. The molecule has 0 aliphatic carbocycles. The smallest absolute Gasteiger partial charge is 0.407 e. The maximum atomic E-state index is 11.9. The molecular weight excluding hydrogens is 500 g/mol. The lowest BCUT2D eigenvalue weighted by molar-refractivity contribution is 0.0528. The van der Waals surface area contributed by atoms with Crippen molar-refractivity contribution in [3.8, 4) is 22.4 Å². The molecule has 0 aliphatic heterocycles. The first-order valence-electron chi connectivity index (χ1n) is 12.6. The van der Waals surface area contributed by atoms with Gasteiger partial charge in [0.25, 0.3) is 0 Å². The highest BCUT2D eigenvalue weighted by Gasteiger charge is 2.18. The molecule has 0 radical (unpaired) electrons. The van der Waals surface area contributed by atoms with Crippen LogP contribution in [0, 0.1) is 0 Å². The van der Waals surface area contributed by atoms with Crippen molar-refractivity contribution >= 4 is 29.3 Å². The second-order valence-electron chi connectivity index (χ2n) is 9.81. The second kappa shape index (κ2) is 12.5. The van der Waals surface area contributed by atoms with Crippen LogP contribution in [0.15, 0.2) is 72.9 Å². The number of H-pyrrole nitrogens is 1. The van der Waals surface area contributed by atoms with Crippen LogP contribution in [0.5, 0.6) is 0 Å². The van der Waals surface area contributed by atoms with Crippen molar-refractivity contribution in [1.82, 2.24) is 20.5 Å². The summed E-state index contributed by atoms with van der Waals surface area (Å²) in [6, 6.07) is 21.8. The molecule has 0 saturated carbocycles. The van der Waals surface area contributed by atoms with Gasteiger partial charge in [0, 0.05) is 36.4 Å². The monoisotopic (exact) mass is 532 g/mol. The van der Waals surface area contributed by atoms with E-state index in [1.807, 2.05) is 75.4 Å². The number of amides is 1. The Morgan fingerprint density at radius 3 is 2.47 bits per heavy atom. The van der Waals surface area contributed by atoms with Gasteiger partial charge in [-0.05, 0) is 62.6 Å². The molecule has 0 saturated heterocycles. The van der Waals surface area contributed by atoms with Crippen molar-refractivity contribution in [2.24, 2.45) is 0 Å². The van der Waals surface area contributed by atoms with Gasteiger partial charge in [-0.2, -0.15) is 5.10 Å². The molecule has 38 heavy (non-hydrogen) atoms. The quantitative estimate of drug-likeness (QED) is 0.169. The van der Waals surface area contributed by atoms with Crippen LogP contribution in [-0.4, -0.2) is 40.0 Å². The number of halogens is 1. The van der Waals surface area contributed by atoms with Gasteiger partial charge in [0.05, 0.1) is 11.3 Å². The van der Waals surface area contributed by atoms with E-state index in [0.29, 0.717) is 36.9 Å². The van der Waals surface area contributed by atoms with Gasteiger partial charge in [-0.1, -0.05) is 54.1 Å². The van der Waals surface area contributed by atoms with Gasteiger partial charge in [-0.3, -0.25) is 5.10 Å². The van der Waals surface area contributed by atoms with E-state index < -0.39 is 11.7 Å². The van der Waals surface area contributed by atoms with Crippen molar-refractivity contribution in [2.75, 3.05) is 23.7 Å². The number of ether oxygens (including phenoxy) is 1. The molecule has 9 heteroatoms. The van der Waals surface area contributed by atoms with Crippen molar-refractivity contribution in [2.45, 2.75) is 39.3 Å². The number of aromatic amines is 1. The molecule has 4 N–H and O–H groups in total. The Balaban J connectivity index is 1.50. The van der Waals surface area contributed by atoms with E-state index in [4.69, 9.17) is 16.3 Å². The van der Waals surface area contributed by atoms with E-state index in [0.717, 1.165) is 28.2 Å². The molecule has 2 aromatic heterocycles. The fraction of sp³-hybridized carbons (Fsp3) is 0.276. The van der Waals surface area contributed by atoms with Crippen molar-refractivity contribution in [3.05, 3.63) is 83.5 Å². The third-order valence-electron chi connectivity index (χ3n) is 5.58. The number of hydrogen-bond donors (Lipinski definition) is 4. The molecular formula is C29H33ClN6O2. The summed E-state index contributed by atoms with van der Waals surface area (Å²) in [6.45, 7) is 7.28. The van der Waals surface area contributed by atoms with Gasteiger partial charge in [0.1, 0.15) is 11.4 Å². The van der Waals surface area contributed by atoms with Crippen LogP contribution in [0.1, 0.15) is 32.8 Å². The molecule has 4 rings (SSSR count). The number of carbonyl (C=O) groups is 1. The summed E-state index contributed by atoms with van der Waals surface area (Å²) in [5.74, 6) is 1.48. The molecule has 8 nitrogen and oxygen atoms in total. The number of hydrogen-bond acceptors (Lipinski definition) is 6. The standard InChI is InChI=1S/C29H33ClN6O2/c1-29(2,3)38-28(37)33-16-7-15-32-27-25(26(35-36-27)21-10-12-23(30)13-11-21)22-14-17-31-24(18-22)34-19-20-8-5-4-6-9-20/h4-6,8-14,17-18H,7,15-16,19H2,1-3H3,(H,31,34)(H,33,37)(H2,32,35,36). The first kappa shape index (κ1) is 27.0. The van der Waals surface area contributed by atoms with Crippen molar-refractivity contribution in [1.29, 1.82) is 0 Å². The van der Waals surface area contributed by atoms with Gasteiger partial charge in [0.2, 0.25) is 0 Å². The van der Waals surface area contributed by atoms with Gasteiger partial charge in [-0.25, -0.2) is 9.78 Å². The minimum Gasteiger partial charge on any atom is -0.444 e. The van der Waals surface area contributed by atoms with Crippen LogP contribution in [0.4, 0.5) is 16.4 Å². The highest BCUT2D eigenvalue weighted by Crippen LogP contribution is 2.37. The molecule has 0 spiro atoms. The van der Waals surface area contributed by atoms with Gasteiger partial charge in [-0.15, -0.1) is 0 Å². The fourth-order valence-electron chi connectivity index (χ4n) is 3.85. The predicted octanol–water partition coefficient (Wildman–Crippen LogP) is 6.73. The number of pyridine rings is 1. The second-order valence-corrected chi connectivity index (χ2v) is 10.2. The van der Waals surface area contributed by atoms with Crippen LogP contribution < -0.4 is 16.0 Å². The van der Waals surface area contributed by atoms with Gasteiger partial charge >= 0.3 is 6.09 Å². The molecule has 2 aromatic carbocycles. The molecule has 0 unspecified atom stereocenters. The van der Waals surface area contributed by atoms with Gasteiger partial charge in [0.15, 0.2) is 5.82 Å². The lowest BCUT2D eigenvalue weighted by atomic mass is 10.0. The number of rotatable bonds is 10. The van der Waals surface area contributed by atoms with E-state index in [2.05, 4.69) is 43.3 Å². The minimum atomic E-state index is -0.524. The molecule has 2 heterocycles. The Morgan fingerprint density at radius 2 is 1.74 bits per heavy atom. The Bertz CT molecular complexity index is 1330. The van der Waals surface area contributed by atoms with E-state index in [1.54, 1.807) is 6.20 Å². The summed E-state index contributed by atoms with van der Waals surface area (Å²) in [7, 11) is 0. The summed E-state index contributed by atoms with van der Waals surface area (Å²) in [5.41, 5.74) is 4.38. The van der Waals surface area contributed by atoms with Crippen molar-refractivity contribution in [3.63, 3.8) is 0 Å². The highest BCUT2D eigenvalue weighted by atomic mass is 35.5. The molecule has 0 atom stereocenters. The Labute approximate surface area is 228 Å². The zero-order chi connectivity index (χ0) is 27.0. The number of aromatic nitrogens is 3. The van der Waals surface area contributed by atoms with E-state index >= 15 is 0 Å². The van der Waals surface area contributed by atoms with Crippen LogP contribution in [0.25, 0.3) is 22.4 Å².